The van der Waals surface area contributed by atoms with E-state index < -0.39 is 11.7 Å². The van der Waals surface area contributed by atoms with Crippen LogP contribution in [0, 0.1) is 0 Å². The van der Waals surface area contributed by atoms with Crippen LogP contribution in [0.1, 0.15) is 20.8 Å². The first kappa shape index (κ1) is 22.4. The molecule has 0 radical (unpaired) electrons. The maximum atomic E-state index is 11.4. The van der Waals surface area contributed by atoms with Crippen LogP contribution in [-0.2, 0) is 4.74 Å². The first-order valence-electron chi connectivity index (χ1n) is 6.94. The Hall–Kier alpha value is -0.930. The largest absolute Gasteiger partial charge is 0.444 e. The predicted molar refractivity (Wildman–Crippen MR) is 79.0 cm³/mol. The second-order valence-electron chi connectivity index (χ2n) is 5.11. The average Bonchev–Trinajstić information content (AvgIpc) is 2.38. The number of hydrogen-bond donors (Lipinski definition) is 5. The smallest absolute Gasteiger partial charge is 0.410 e. The third-order valence-corrected chi connectivity index (χ3v) is 1.97. The molecule has 0 saturated carbocycles. The van der Waals surface area contributed by atoms with Gasteiger partial charge < -0.3 is 35.4 Å². The zero-order chi connectivity index (χ0) is 16.7. The van der Waals surface area contributed by atoms with E-state index in [2.05, 4.69) is 5.32 Å². The van der Waals surface area contributed by atoms with E-state index >= 15 is 0 Å². The van der Waals surface area contributed by atoms with Crippen LogP contribution in [-0.4, -0.2) is 89.6 Å². The molecule has 0 aromatic heterocycles. The van der Waals surface area contributed by atoms with Crippen LogP contribution in [0.25, 0.3) is 0 Å². The zero-order valence-corrected chi connectivity index (χ0v) is 13.2. The summed E-state index contributed by atoms with van der Waals surface area (Å²) in [4.78, 5) is 12.7. The van der Waals surface area contributed by atoms with Crippen LogP contribution >= 0.6 is 0 Å². The number of aliphatic hydroxyl groups is 4. The van der Waals surface area contributed by atoms with E-state index in [9.17, 15) is 4.79 Å². The second-order valence-corrected chi connectivity index (χ2v) is 5.11. The minimum absolute atomic E-state index is 0.139. The molecular weight excluding hydrogens is 280 g/mol. The Balaban J connectivity index is 0. The Labute approximate surface area is 126 Å². The molecule has 0 aliphatic carbocycles. The highest BCUT2D eigenvalue weighted by Crippen LogP contribution is 2.09. The van der Waals surface area contributed by atoms with Crippen molar-refractivity contribution in [2.75, 3.05) is 52.6 Å². The van der Waals surface area contributed by atoms with E-state index in [0.717, 1.165) is 0 Å². The number of amides is 1. The molecule has 8 nitrogen and oxygen atoms in total. The number of hydrogen-bond acceptors (Lipinski definition) is 7. The van der Waals surface area contributed by atoms with Crippen LogP contribution in [0.2, 0.25) is 0 Å². The van der Waals surface area contributed by atoms with Crippen molar-refractivity contribution in [3.8, 4) is 0 Å². The van der Waals surface area contributed by atoms with Crippen LogP contribution < -0.4 is 5.32 Å². The molecule has 0 aliphatic rings. The third-order valence-electron chi connectivity index (χ3n) is 1.97. The standard InChI is InChI=1S/C9H19NO4.C4H11NO2/c1-9(2,3)14-8(13)10(4-6-11)5-7-12;6-3-1-5-2-4-7/h11-12H,4-7H2,1-3H3;5-7H,1-4H2. The number of nitrogens with one attached hydrogen (secondary N) is 1. The molecule has 5 N–H and O–H groups in total. The molecule has 0 rings (SSSR count). The topological polar surface area (TPSA) is 122 Å². The van der Waals surface area contributed by atoms with Crippen LogP contribution in [0.5, 0.6) is 0 Å². The highest BCUT2D eigenvalue weighted by Gasteiger charge is 2.21. The molecule has 0 aromatic carbocycles. The van der Waals surface area contributed by atoms with E-state index in [4.69, 9.17) is 25.2 Å². The van der Waals surface area contributed by atoms with Crippen molar-refractivity contribution in [3.63, 3.8) is 0 Å². The van der Waals surface area contributed by atoms with Gasteiger partial charge in [0, 0.05) is 26.2 Å². The van der Waals surface area contributed by atoms with Crippen molar-refractivity contribution in [1.82, 2.24) is 10.2 Å². The van der Waals surface area contributed by atoms with Crippen molar-refractivity contribution >= 4 is 6.09 Å². The number of carbonyl (C=O) groups is 1. The Morgan fingerprint density at radius 3 is 1.67 bits per heavy atom. The minimum atomic E-state index is -0.555. The van der Waals surface area contributed by atoms with E-state index in [1.807, 2.05) is 0 Å². The zero-order valence-electron chi connectivity index (χ0n) is 13.2. The SMILES string of the molecule is CC(C)(C)OC(=O)N(CCO)CCO.OCCNCCO. The summed E-state index contributed by atoms with van der Waals surface area (Å²) in [5.74, 6) is 0. The number of aliphatic hydroxyl groups excluding tert-OH is 4. The first-order chi connectivity index (χ1) is 9.82. The van der Waals surface area contributed by atoms with Gasteiger partial charge in [-0.3, -0.25) is 0 Å². The maximum Gasteiger partial charge on any atom is 0.410 e. The molecule has 0 atom stereocenters. The molecule has 128 valence electrons. The Morgan fingerprint density at radius 1 is 0.952 bits per heavy atom. The molecule has 0 saturated heterocycles. The monoisotopic (exact) mass is 310 g/mol. The van der Waals surface area contributed by atoms with Crippen molar-refractivity contribution in [2.45, 2.75) is 26.4 Å². The molecule has 8 heteroatoms. The van der Waals surface area contributed by atoms with Gasteiger partial charge in [0.2, 0.25) is 0 Å². The summed E-state index contributed by atoms with van der Waals surface area (Å²) in [5.41, 5.74) is -0.555. The van der Waals surface area contributed by atoms with Gasteiger partial charge in [0.25, 0.3) is 0 Å². The lowest BCUT2D eigenvalue weighted by molar-refractivity contribution is 0.0187. The van der Waals surface area contributed by atoms with Gasteiger partial charge in [-0.25, -0.2) is 4.79 Å². The fourth-order valence-electron chi connectivity index (χ4n) is 1.15. The predicted octanol–water partition coefficient (Wildman–Crippen LogP) is -1.23. The van der Waals surface area contributed by atoms with E-state index in [0.29, 0.717) is 13.1 Å². The number of nitrogens with zero attached hydrogens (tertiary/aromatic N) is 1. The van der Waals surface area contributed by atoms with Crippen molar-refractivity contribution in [3.05, 3.63) is 0 Å². The summed E-state index contributed by atoms with van der Waals surface area (Å²) < 4.78 is 5.07. The van der Waals surface area contributed by atoms with E-state index in [-0.39, 0.29) is 39.5 Å². The Bertz CT molecular complexity index is 235. The van der Waals surface area contributed by atoms with Gasteiger partial charge in [0.05, 0.1) is 26.4 Å². The molecule has 21 heavy (non-hydrogen) atoms. The molecule has 0 heterocycles. The third kappa shape index (κ3) is 17.0. The van der Waals surface area contributed by atoms with Gasteiger partial charge in [0.15, 0.2) is 0 Å². The molecule has 1 amide bonds. The number of ether oxygens (including phenoxy) is 1. The Morgan fingerprint density at radius 2 is 1.38 bits per heavy atom. The molecule has 0 unspecified atom stereocenters. The highest BCUT2D eigenvalue weighted by molar-refractivity contribution is 5.68. The summed E-state index contributed by atoms with van der Waals surface area (Å²) in [6, 6.07) is 0. The molecule has 0 aromatic rings. The van der Waals surface area contributed by atoms with E-state index in [1.54, 1.807) is 20.8 Å². The quantitative estimate of drug-likeness (QED) is 0.356. The minimum Gasteiger partial charge on any atom is -0.444 e. The summed E-state index contributed by atoms with van der Waals surface area (Å²) in [7, 11) is 0. The summed E-state index contributed by atoms with van der Waals surface area (Å²) in [5, 5.41) is 36.4. The van der Waals surface area contributed by atoms with Gasteiger partial charge in [-0.05, 0) is 20.8 Å². The molecule has 0 bridgehead atoms. The fraction of sp³-hybridized carbons (Fsp3) is 0.923. The van der Waals surface area contributed by atoms with Crippen LogP contribution in [0.4, 0.5) is 4.79 Å². The Kier molecular flexibility index (Phi) is 14.9. The van der Waals surface area contributed by atoms with Crippen molar-refractivity contribution in [2.24, 2.45) is 0 Å². The van der Waals surface area contributed by atoms with Gasteiger partial charge in [-0.15, -0.1) is 0 Å². The maximum absolute atomic E-state index is 11.4. The summed E-state index contributed by atoms with van der Waals surface area (Å²) in [6.07, 6.45) is -0.513. The van der Waals surface area contributed by atoms with Gasteiger partial charge in [-0.1, -0.05) is 0 Å². The van der Waals surface area contributed by atoms with Gasteiger partial charge in [0.1, 0.15) is 5.60 Å². The lowest BCUT2D eigenvalue weighted by atomic mass is 10.2. The molecular formula is C13H30N2O6. The van der Waals surface area contributed by atoms with Crippen molar-refractivity contribution in [1.29, 1.82) is 0 Å². The normalized spacial score (nSPS) is 10.6. The molecule has 0 fully saturated rings. The summed E-state index contributed by atoms with van der Waals surface area (Å²) >= 11 is 0. The molecule has 0 aliphatic heterocycles. The van der Waals surface area contributed by atoms with Crippen LogP contribution in [0.3, 0.4) is 0 Å². The van der Waals surface area contributed by atoms with Gasteiger partial charge >= 0.3 is 6.09 Å². The first-order valence-corrected chi connectivity index (χ1v) is 6.94. The highest BCUT2D eigenvalue weighted by atomic mass is 16.6. The molecule has 0 spiro atoms. The fourth-order valence-corrected chi connectivity index (χ4v) is 1.15. The lowest BCUT2D eigenvalue weighted by Crippen LogP contribution is -2.39. The average molecular weight is 310 g/mol. The lowest BCUT2D eigenvalue weighted by Gasteiger charge is -2.26. The number of rotatable bonds is 8. The second kappa shape index (κ2) is 14.0. The van der Waals surface area contributed by atoms with Crippen molar-refractivity contribution < 1.29 is 30.0 Å². The van der Waals surface area contributed by atoms with Crippen LogP contribution in [0.15, 0.2) is 0 Å². The van der Waals surface area contributed by atoms with E-state index in [1.165, 1.54) is 4.90 Å². The summed E-state index contributed by atoms with van der Waals surface area (Å²) in [6.45, 7) is 6.79. The van der Waals surface area contributed by atoms with Gasteiger partial charge in [-0.2, -0.15) is 0 Å². The number of carbonyl (C=O) groups excluding carboxylic acids is 1.